The fourth-order valence-electron chi connectivity index (χ4n) is 2.20. The Hall–Kier alpha value is -2.90. The SMILES string of the molecule is C/C(=N\NC(=O)CCN1C(=O)NC(C)(C)C1=O)c1ccc(O)cc1. The van der Waals surface area contributed by atoms with Crippen LogP contribution in [0.1, 0.15) is 32.8 Å². The first-order valence-corrected chi connectivity index (χ1v) is 7.47. The lowest BCUT2D eigenvalue weighted by atomic mass is 10.1. The van der Waals surface area contributed by atoms with Gasteiger partial charge in [-0.15, -0.1) is 0 Å². The summed E-state index contributed by atoms with van der Waals surface area (Å²) in [4.78, 5) is 36.6. The van der Waals surface area contributed by atoms with Gasteiger partial charge in [0, 0.05) is 13.0 Å². The Balaban J connectivity index is 1.87. The molecule has 0 saturated carbocycles. The number of aromatic hydroxyl groups is 1. The zero-order valence-electron chi connectivity index (χ0n) is 13.8. The number of nitrogens with zero attached hydrogens (tertiary/aromatic N) is 2. The van der Waals surface area contributed by atoms with Crippen LogP contribution in [0.5, 0.6) is 5.75 Å². The number of benzene rings is 1. The van der Waals surface area contributed by atoms with Crippen LogP contribution in [-0.2, 0) is 9.59 Å². The Morgan fingerprint density at radius 1 is 1.29 bits per heavy atom. The molecule has 2 rings (SSSR count). The van der Waals surface area contributed by atoms with Crippen molar-refractivity contribution in [1.82, 2.24) is 15.6 Å². The maximum Gasteiger partial charge on any atom is 0.325 e. The molecule has 1 aliphatic heterocycles. The van der Waals surface area contributed by atoms with Crippen molar-refractivity contribution in [1.29, 1.82) is 0 Å². The molecule has 8 heteroatoms. The van der Waals surface area contributed by atoms with Gasteiger partial charge in [0.2, 0.25) is 5.91 Å². The maximum absolute atomic E-state index is 12.0. The molecule has 0 bridgehead atoms. The summed E-state index contributed by atoms with van der Waals surface area (Å²) in [6.07, 6.45) is -0.0401. The topological polar surface area (TPSA) is 111 Å². The van der Waals surface area contributed by atoms with Crippen molar-refractivity contribution in [2.24, 2.45) is 5.10 Å². The molecule has 4 amide bonds. The zero-order chi connectivity index (χ0) is 17.9. The Morgan fingerprint density at radius 2 is 1.92 bits per heavy atom. The number of urea groups is 1. The summed E-state index contributed by atoms with van der Waals surface area (Å²) in [7, 11) is 0. The molecule has 24 heavy (non-hydrogen) atoms. The van der Waals surface area contributed by atoms with Crippen LogP contribution in [0.3, 0.4) is 0 Å². The first-order valence-electron chi connectivity index (χ1n) is 7.47. The second-order valence-electron chi connectivity index (χ2n) is 6.04. The molecular weight excluding hydrogens is 312 g/mol. The van der Waals surface area contributed by atoms with Crippen LogP contribution in [0, 0.1) is 0 Å². The van der Waals surface area contributed by atoms with Crippen LogP contribution >= 0.6 is 0 Å². The van der Waals surface area contributed by atoms with Gasteiger partial charge >= 0.3 is 6.03 Å². The lowest BCUT2D eigenvalue weighted by molar-refractivity contribution is -0.130. The molecular formula is C16H20N4O4. The molecule has 0 spiro atoms. The largest absolute Gasteiger partial charge is 0.508 e. The van der Waals surface area contributed by atoms with Crippen LogP contribution in [0.15, 0.2) is 29.4 Å². The summed E-state index contributed by atoms with van der Waals surface area (Å²) in [6, 6.07) is 5.90. The van der Waals surface area contributed by atoms with E-state index >= 15 is 0 Å². The summed E-state index contributed by atoms with van der Waals surface area (Å²) in [6.45, 7) is 4.93. The van der Waals surface area contributed by atoms with Gasteiger partial charge in [0.15, 0.2) is 0 Å². The Bertz CT molecular complexity index is 695. The summed E-state index contributed by atoms with van der Waals surface area (Å²) in [5, 5.41) is 15.8. The van der Waals surface area contributed by atoms with E-state index in [-0.39, 0.29) is 24.6 Å². The normalized spacial score (nSPS) is 17.0. The van der Waals surface area contributed by atoms with E-state index in [4.69, 9.17) is 0 Å². The average Bonchev–Trinajstić information content (AvgIpc) is 2.71. The molecule has 0 aromatic heterocycles. The molecule has 0 aliphatic carbocycles. The van der Waals surface area contributed by atoms with E-state index in [2.05, 4.69) is 15.8 Å². The van der Waals surface area contributed by atoms with E-state index in [1.807, 2.05) is 0 Å². The van der Waals surface area contributed by atoms with Gasteiger partial charge in [-0.05, 0) is 50.6 Å². The molecule has 1 heterocycles. The maximum atomic E-state index is 12.0. The lowest BCUT2D eigenvalue weighted by Gasteiger charge is -2.15. The van der Waals surface area contributed by atoms with Gasteiger partial charge in [-0.3, -0.25) is 14.5 Å². The van der Waals surface area contributed by atoms with Gasteiger partial charge in [0.1, 0.15) is 11.3 Å². The van der Waals surface area contributed by atoms with Crippen molar-refractivity contribution in [2.75, 3.05) is 6.54 Å². The third-order valence-electron chi connectivity index (χ3n) is 3.64. The molecule has 128 valence electrons. The van der Waals surface area contributed by atoms with Crippen molar-refractivity contribution in [3.05, 3.63) is 29.8 Å². The van der Waals surface area contributed by atoms with E-state index in [9.17, 15) is 19.5 Å². The van der Waals surface area contributed by atoms with E-state index < -0.39 is 17.5 Å². The molecule has 0 radical (unpaired) electrons. The fraction of sp³-hybridized carbons (Fsp3) is 0.375. The van der Waals surface area contributed by atoms with Gasteiger partial charge in [-0.2, -0.15) is 5.10 Å². The number of hydrogen-bond acceptors (Lipinski definition) is 5. The monoisotopic (exact) mass is 332 g/mol. The average molecular weight is 332 g/mol. The molecule has 0 unspecified atom stereocenters. The summed E-state index contributed by atoms with van der Waals surface area (Å²) in [5.41, 5.74) is 2.77. The Labute approximate surface area is 139 Å². The lowest BCUT2D eigenvalue weighted by Crippen LogP contribution is -2.40. The number of carbonyl (C=O) groups excluding carboxylic acids is 3. The molecule has 1 aromatic rings. The second kappa shape index (κ2) is 6.69. The minimum atomic E-state index is -0.943. The van der Waals surface area contributed by atoms with Gasteiger partial charge in [0.05, 0.1) is 5.71 Å². The highest BCUT2D eigenvalue weighted by atomic mass is 16.3. The molecule has 1 saturated heterocycles. The van der Waals surface area contributed by atoms with Crippen LogP contribution in [0.25, 0.3) is 0 Å². The minimum Gasteiger partial charge on any atom is -0.508 e. The van der Waals surface area contributed by atoms with Gasteiger partial charge in [-0.1, -0.05) is 0 Å². The Kier molecular flexibility index (Phi) is 4.87. The number of nitrogens with one attached hydrogen (secondary N) is 2. The fourth-order valence-corrected chi connectivity index (χ4v) is 2.20. The van der Waals surface area contributed by atoms with Gasteiger partial charge < -0.3 is 10.4 Å². The van der Waals surface area contributed by atoms with Crippen LogP contribution in [-0.4, -0.2) is 45.6 Å². The second-order valence-corrected chi connectivity index (χ2v) is 6.04. The van der Waals surface area contributed by atoms with E-state index in [0.29, 0.717) is 5.71 Å². The predicted molar refractivity (Wildman–Crippen MR) is 87.4 cm³/mol. The third-order valence-corrected chi connectivity index (χ3v) is 3.64. The highest BCUT2D eigenvalue weighted by Gasteiger charge is 2.43. The molecule has 1 fully saturated rings. The number of rotatable bonds is 5. The van der Waals surface area contributed by atoms with Crippen molar-refractivity contribution < 1.29 is 19.5 Å². The number of imide groups is 1. The number of carbonyl (C=O) groups is 3. The summed E-state index contributed by atoms with van der Waals surface area (Å²) >= 11 is 0. The van der Waals surface area contributed by atoms with Crippen molar-refractivity contribution in [3.63, 3.8) is 0 Å². The molecule has 1 aliphatic rings. The third kappa shape index (κ3) is 3.89. The molecule has 3 N–H and O–H groups in total. The predicted octanol–water partition coefficient (Wildman–Crippen LogP) is 0.953. The van der Waals surface area contributed by atoms with Gasteiger partial charge in [-0.25, -0.2) is 10.2 Å². The van der Waals surface area contributed by atoms with Crippen LogP contribution < -0.4 is 10.7 Å². The first kappa shape index (κ1) is 17.5. The minimum absolute atomic E-state index is 0.00624. The zero-order valence-corrected chi connectivity index (χ0v) is 13.8. The first-order chi connectivity index (χ1) is 11.2. The van der Waals surface area contributed by atoms with Crippen molar-refractivity contribution >= 4 is 23.6 Å². The van der Waals surface area contributed by atoms with E-state index in [1.54, 1.807) is 32.9 Å². The van der Waals surface area contributed by atoms with E-state index in [0.717, 1.165) is 10.5 Å². The number of hydrogen-bond donors (Lipinski definition) is 3. The summed E-state index contributed by atoms with van der Waals surface area (Å²) in [5.74, 6) is -0.616. The highest BCUT2D eigenvalue weighted by molar-refractivity contribution is 6.06. The van der Waals surface area contributed by atoms with Crippen LogP contribution in [0.2, 0.25) is 0 Å². The van der Waals surface area contributed by atoms with Crippen LogP contribution in [0.4, 0.5) is 4.79 Å². The van der Waals surface area contributed by atoms with Crippen molar-refractivity contribution in [3.8, 4) is 5.75 Å². The standard InChI is InChI=1S/C16H20N4O4/c1-10(11-4-6-12(21)7-5-11)18-19-13(22)8-9-20-14(23)16(2,3)17-15(20)24/h4-7,21H,8-9H2,1-3H3,(H,17,24)(H,19,22)/b18-10+. The van der Waals surface area contributed by atoms with E-state index in [1.165, 1.54) is 12.1 Å². The number of phenolic OH excluding ortho intramolecular Hbond substituents is 1. The van der Waals surface area contributed by atoms with Gasteiger partial charge in [0.25, 0.3) is 5.91 Å². The van der Waals surface area contributed by atoms with Crippen molar-refractivity contribution in [2.45, 2.75) is 32.7 Å². The number of hydrazone groups is 1. The number of amides is 4. The highest BCUT2D eigenvalue weighted by Crippen LogP contribution is 2.16. The molecule has 8 nitrogen and oxygen atoms in total. The quantitative estimate of drug-likeness (QED) is 0.423. The summed E-state index contributed by atoms with van der Waals surface area (Å²) < 4.78 is 0. The molecule has 0 atom stereocenters. The smallest absolute Gasteiger partial charge is 0.325 e. The molecule has 1 aromatic carbocycles. The Morgan fingerprint density at radius 3 is 2.46 bits per heavy atom. The number of phenols is 1.